The quantitative estimate of drug-likeness (QED) is 0.0502. The molecule has 2 aliphatic heterocycles. The Morgan fingerprint density at radius 1 is 0.620 bits per heavy atom. The highest BCUT2D eigenvalue weighted by atomic mass is 32.1. The zero-order valence-electron chi connectivity index (χ0n) is 38.6. The first-order chi connectivity index (χ1) is 34.0. The lowest BCUT2D eigenvalue weighted by molar-refractivity contribution is -0.173. The molecule has 7 atom stereocenters. The second-order valence-corrected chi connectivity index (χ2v) is 17.7. The van der Waals surface area contributed by atoms with E-state index in [1.807, 2.05) is 0 Å². The molecule has 0 aliphatic carbocycles. The van der Waals surface area contributed by atoms with Crippen LogP contribution in [-0.4, -0.2) is 109 Å². The van der Waals surface area contributed by atoms with E-state index in [-0.39, 0.29) is 37.8 Å². The van der Waals surface area contributed by atoms with Crippen LogP contribution in [0.25, 0.3) is 0 Å². The summed E-state index contributed by atoms with van der Waals surface area (Å²) < 4.78 is 10.6. The van der Waals surface area contributed by atoms with Gasteiger partial charge in [-0.2, -0.15) is 0 Å². The zero-order chi connectivity index (χ0) is 51.0. The van der Waals surface area contributed by atoms with E-state index in [2.05, 4.69) is 31.9 Å². The van der Waals surface area contributed by atoms with E-state index < -0.39 is 95.8 Å². The average molecular weight is 983 g/mol. The van der Waals surface area contributed by atoms with Crippen LogP contribution in [0.2, 0.25) is 0 Å². The van der Waals surface area contributed by atoms with Crippen molar-refractivity contribution in [1.82, 2.24) is 26.6 Å². The summed E-state index contributed by atoms with van der Waals surface area (Å²) in [6.45, 7) is 1.94. The second kappa shape index (κ2) is 24.9. The van der Waals surface area contributed by atoms with E-state index in [1.54, 1.807) is 102 Å². The molecule has 2 aliphatic rings. The highest BCUT2D eigenvalue weighted by Gasteiger charge is 2.42. The largest absolute Gasteiger partial charge is 0.480 e. The summed E-state index contributed by atoms with van der Waals surface area (Å²) in [5, 5.41) is 27.8. The van der Waals surface area contributed by atoms with Crippen LogP contribution in [0, 0.1) is 0 Å². The summed E-state index contributed by atoms with van der Waals surface area (Å²) in [6, 6.07) is 25.7. The minimum absolute atomic E-state index is 0.0905. The number of hydrogen-bond acceptors (Lipinski definition) is 12. The van der Waals surface area contributed by atoms with Gasteiger partial charge in [-0.25, -0.2) is 4.79 Å². The Bertz CT molecular complexity index is 2690. The Labute approximate surface area is 414 Å². The van der Waals surface area contributed by atoms with Gasteiger partial charge in [0.25, 0.3) is 11.8 Å². The molecule has 2 radical (unpaired) electrons. The molecule has 7 N–H and O–H groups in total. The Kier molecular flexibility index (Phi) is 18.4. The lowest BCUT2D eigenvalue weighted by Crippen LogP contribution is -2.61. The third kappa shape index (κ3) is 15.7. The molecule has 0 saturated carbocycles. The fourth-order valence-electron chi connectivity index (χ4n) is 7.64. The molecule has 6 amide bonds. The third-order valence-corrected chi connectivity index (χ3v) is 12.1. The first kappa shape index (κ1) is 52.3. The molecule has 0 fully saturated rings. The van der Waals surface area contributed by atoms with Gasteiger partial charge in [-0.05, 0) is 45.8 Å². The summed E-state index contributed by atoms with van der Waals surface area (Å²) >= 11 is 1.25. The van der Waals surface area contributed by atoms with Gasteiger partial charge < -0.3 is 46.5 Å². The van der Waals surface area contributed by atoms with E-state index >= 15 is 0 Å². The molecule has 1 aromatic heterocycles. The maximum Gasteiger partial charge on any atom is 0.326 e. The van der Waals surface area contributed by atoms with Gasteiger partial charge in [0.1, 0.15) is 38.1 Å². The highest BCUT2D eigenvalue weighted by molar-refractivity contribution is 7.09. The Balaban J connectivity index is 1.44. The topological polar surface area (TPSA) is 264 Å². The molecule has 5 aromatic rings. The number of fused-ring (bicyclic) bond motifs is 18. The Morgan fingerprint density at radius 2 is 1.13 bits per heavy atom. The number of carbonyl (C=O) groups is 9. The number of ether oxygens (including phenoxy) is 2. The third-order valence-electron chi connectivity index (χ3n) is 11.2. The van der Waals surface area contributed by atoms with Crippen LogP contribution in [0.1, 0.15) is 41.0 Å². The summed E-state index contributed by atoms with van der Waals surface area (Å²) in [5.74, 6) is -9.16. The van der Waals surface area contributed by atoms with Gasteiger partial charge in [0.05, 0.1) is 0 Å². The van der Waals surface area contributed by atoms with Crippen molar-refractivity contribution in [1.29, 1.82) is 0 Å². The predicted octanol–water partition coefficient (Wildman–Crippen LogP) is 1.38. The van der Waals surface area contributed by atoms with Crippen LogP contribution in [0.3, 0.4) is 0 Å². The summed E-state index contributed by atoms with van der Waals surface area (Å²) in [7, 11) is 5.96. The molecule has 71 heavy (non-hydrogen) atoms. The minimum Gasteiger partial charge on any atom is -0.480 e. The van der Waals surface area contributed by atoms with Crippen LogP contribution >= 0.6 is 11.3 Å². The van der Waals surface area contributed by atoms with Gasteiger partial charge in [0.2, 0.25) is 35.8 Å². The van der Waals surface area contributed by atoms with Crippen LogP contribution in [-0.2, 0) is 84.7 Å². The Morgan fingerprint density at radius 3 is 1.66 bits per heavy atom. The molecular formula is C51H51BN6O12S. The second-order valence-electron chi connectivity index (χ2n) is 16.7. The number of hydrogen-bond donors (Lipinski definition) is 7. The minimum atomic E-state index is -2.14. The van der Waals surface area contributed by atoms with Crippen LogP contribution in [0.5, 0.6) is 0 Å². The highest BCUT2D eigenvalue weighted by Crippen LogP contribution is 2.18. The number of rotatable bonds is 13. The summed E-state index contributed by atoms with van der Waals surface area (Å²) in [4.78, 5) is 125. The van der Waals surface area contributed by atoms with Crippen molar-refractivity contribution in [2.75, 3.05) is 5.32 Å². The maximum atomic E-state index is 14.7. The predicted molar refractivity (Wildman–Crippen MR) is 261 cm³/mol. The molecule has 3 heterocycles. The van der Waals surface area contributed by atoms with Crippen molar-refractivity contribution in [3.05, 3.63) is 154 Å². The molecule has 7 rings (SSSR count). The average Bonchev–Trinajstić information content (AvgIpc) is 3.86. The molecule has 4 aromatic carbocycles. The van der Waals surface area contributed by atoms with Crippen LogP contribution in [0.15, 0.2) is 127 Å². The number of carboxylic acid groups (broad SMARTS) is 1. The number of nitrogens with one attached hydrogen (secondary N) is 6. The summed E-state index contributed by atoms with van der Waals surface area (Å²) in [6.07, 6.45) is -4.99. The van der Waals surface area contributed by atoms with Crippen LogP contribution < -0.4 is 37.4 Å². The molecule has 20 heteroatoms. The van der Waals surface area contributed by atoms with E-state index in [0.717, 1.165) is 13.8 Å². The fourth-order valence-corrected chi connectivity index (χ4v) is 8.39. The molecule has 0 unspecified atom stereocenters. The zero-order valence-corrected chi connectivity index (χ0v) is 39.4. The molecule has 366 valence electrons. The number of anilines is 1. The number of amides is 6. The van der Waals surface area contributed by atoms with Crippen molar-refractivity contribution in [3.63, 3.8) is 0 Å². The van der Waals surface area contributed by atoms with Gasteiger partial charge in [-0.15, -0.1) is 11.3 Å². The van der Waals surface area contributed by atoms with Crippen LogP contribution in [0.4, 0.5) is 5.69 Å². The standard InChI is InChI=1S/C51H51BN6O12S/c1-29(59)69-43-44(70-30(2)60)50(66)57-41(28-37-14-9-23-71-37)48(64)56-39(25-33-15-19-35(52)20-16-33)46(62)54-38(24-31-10-5-3-6-11-31)45(61)55-40(26-34-17-21-36(22-18-34)53-49(43)65)47(63)58-42(51(67)68)27-32-12-7-4-8-13-32/h3-23,38-44H,24-28H2,1-2H3,(H,53,65)(H,54,62)(H,55,61)(H,56,64)(H,57,66)(H,58,63)(H,67,68)/t38-,39+,40-,41-,42-,43+,44+/m0/s1. The van der Waals surface area contributed by atoms with Crippen molar-refractivity contribution < 1.29 is 57.7 Å². The monoisotopic (exact) mass is 982 g/mol. The number of esters is 2. The molecule has 2 bridgehead atoms. The normalized spacial score (nSPS) is 20.6. The number of thiophene rings is 1. The number of carbonyl (C=O) groups excluding carboxylic acids is 8. The number of aliphatic carboxylic acids is 1. The first-order valence-corrected chi connectivity index (χ1v) is 23.3. The Hall–Kier alpha value is -8.13. The van der Waals surface area contributed by atoms with Gasteiger partial charge in [0.15, 0.2) is 0 Å². The van der Waals surface area contributed by atoms with Gasteiger partial charge >= 0.3 is 17.9 Å². The molecular weight excluding hydrogens is 931 g/mol. The molecule has 0 spiro atoms. The van der Waals surface area contributed by atoms with E-state index in [1.165, 1.54) is 35.6 Å². The van der Waals surface area contributed by atoms with E-state index in [9.17, 15) is 48.3 Å². The fraction of sp³-hybridized carbons (Fsp3) is 0.275. The van der Waals surface area contributed by atoms with Crippen molar-refractivity contribution in [3.8, 4) is 0 Å². The maximum absolute atomic E-state index is 14.7. The van der Waals surface area contributed by atoms with Gasteiger partial charge in [0, 0.05) is 56.5 Å². The summed E-state index contributed by atoms with van der Waals surface area (Å²) in [5.41, 5.74) is 2.68. The number of carboxylic acids is 1. The lowest BCUT2D eigenvalue weighted by atomic mass is 9.93. The lowest BCUT2D eigenvalue weighted by Gasteiger charge is -2.28. The van der Waals surface area contributed by atoms with Crippen molar-refractivity contribution >= 4 is 83.7 Å². The smallest absolute Gasteiger partial charge is 0.326 e. The number of benzene rings is 4. The first-order valence-electron chi connectivity index (χ1n) is 22.4. The van der Waals surface area contributed by atoms with Crippen molar-refractivity contribution in [2.45, 2.75) is 88.4 Å². The SMILES string of the molecule is [B]c1ccc(C[C@H]2NC(=O)[C@H](Cc3cccs3)NC(=O)[C@H](OC(C)=O)[C@@H](OC(C)=O)C(=O)Nc3ccc(cc3)C[C@@H](C(=O)N[C@@H](Cc3ccccc3)C(=O)O)NC(=O)[C@H](Cc3ccccc3)NC2=O)cc1. The van der Waals surface area contributed by atoms with Crippen molar-refractivity contribution in [2.24, 2.45) is 0 Å². The van der Waals surface area contributed by atoms with E-state index in [0.29, 0.717) is 32.6 Å². The molecule has 18 nitrogen and oxygen atoms in total. The van der Waals surface area contributed by atoms with E-state index in [4.69, 9.17) is 17.3 Å². The van der Waals surface area contributed by atoms with Gasteiger partial charge in [-0.1, -0.05) is 109 Å². The molecule has 0 saturated heterocycles. The van der Waals surface area contributed by atoms with Gasteiger partial charge in [-0.3, -0.25) is 38.4 Å².